The van der Waals surface area contributed by atoms with E-state index < -0.39 is 0 Å². The Balaban J connectivity index is 1.57. The van der Waals surface area contributed by atoms with Crippen LogP contribution in [0, 0.1) is 5.41 Å². The topological polar surface area (TPSA) is 38.8 Å². The summed E-state index contributed by atoms with van der Waals surface area (Å²) in [5.41, 5.74) is 2.20. The summed E-state index contributed by atoms with van der Waals surface area (Å²) in [5, 5.41) is 0. The first-order valence-corrected chi connectivity index (χ1v) is 8.19. The van der Waals surface area contributed by atoms with E-state index in [4.69, 9.17) is 9.47 Å². The Hall–Kier alpha value is -2.49. The Kier molecular flexibility index (Phi) is 4.74. The van der Waals surface area contributed by atoms with Crippen LogP contribution in [0.3, 0.4) is 0 Å². The number of cyclic esters (lactones) is 1. The number of amides is 1. The molecule has 1 heterocycles. The number of rotatable bonds is 5. The van der Waals surface area contributed by atoms with Crippen molar-refractivity contribution in [1.29, 1.82) is 0 Å². The van der Waals surface area contributed by atoms with Crippen molar-refractivity contribution in [1.82, 2.24) is 4.90 Å². The number of benzene rings is 2. The van der Waals surface area contributed by atoms with Gasteiger partial charge < -0.3 is 14.4 Å². The third kappa shape index (κ3) is 4.28. The quantitative estimate of drug-likeness (QED) is 0.825. The van der Waals surface area contributed by atoms with Gasteiger partial charge in [0, 0.05) is 18.5 Å². The van der Waals surface area contributed by atoms with Gasteiger partial charge >= 0.3 is 6.09 Å². The van der Waals surface area contributed by atoms with Gasteiger partial charge in [-0.15, -0.1) is 0 Å². The first kappa shape index (κ1) is 16.4. The highest BCUT2D eigenvalue weighted by molar-refractivity contribution is 5.68. The van der Waals surface area contributed by atoms with Gasteiger partial charge in [0.2, 0.25) is 0 Å². The summed E-state index contributed by atoms with van der Waals surface area (Å²) in [6.07, 6.45) is -0.237. The standard InChI is InChI=1S/C20H23NO3/c1-20(2)14-21(19(22)24-15-20)12-16-8-10-18(11-9-16)23-13-17-6-4-3-5-7-17/h3-11H,12-15H2,1-2H3. The summed E-state index contributed by atoms with van der Waals surface area (Å²) >= 11 is 0. The zero-order valence-electron chi connectivity index (χ0n) is 14.2. The molecule has 2 aromatic carbocycles. The van der Waals surface area contributed by atoms with Gasteiger partial charge in [0.1, 0.15) is 12.4 Å². The van der Waals surface area contributed by atoms with E-state index >= 15 is 0 Å². The second kappa shape index (κ2) is 6.95. The molecule has 0 saturated carbocycles. The van der Waals surface area contributed by atoms with E-state index in [1.807, 2.05) is 54.6 Å². The molecule has 4 heteroatoms. The van der Waals surface area contributed by atoms with Crippen LogP contribution in [0.4, 0.5) is 4.79 Å². The van der Waals surface area contributed by atoms with Crippen LogP contribution in [0.2, 0.25) is 0 Å². The summed E-state index contributed by atoms with van der Waals surface area (Å²) in [5.74, 6) is 0.823. The highest BCUT2D eigenvalue weighted by Crippen LogP contribution is 2.25. The summed E-state index contributed by atoms with van der Waals surface area (Å²) < 4.78 is 11.0. The van der Waals surface area contributed by atoms with Crippen molar-refractivity contribution in [3.8, 4) is 5.75 Å². The number of nitrogens with zero attached hydrogens (tertiary/aromatic N) is 1. The van der Waals surface area contributed by atoms with Crippen LogP contribution in [0.5, 0.6) is 5.75 Å². The molecule has 0 unspecified atom stereocenters. The molecule has 0 aliphatic carbocycles. The first-order chi connectivity index (χ1) is 11.5. The maximum Gasteiger partial charge on any atom is 0.410 e. The van der Waals surface area contributed by atoms with Crippen molar-refractivity contribution >= 4 is 6.09 Å². The smallest absolute Gasteiger partial charge is 0.410 e. The predicted molar refractivity (Wildman–Crippen MR) is 92.8 cm³/mol. The van der Waals surface area contributed by atoms with E-state index in [0.717, 1.165) is 16.9 Å². The lowest BCUT2D eigenvalue weighted by Gasteiger charge is -2.37. The molecule has 2 aromatic rings. The molecule has 0 atom stereocenters. The van der Waals surface area contributed by atoms with Crippen molar-refractivity contribution in [2.75, 3.05) is 13.2 Å². The molecule has 0 spiro atoms. The minimum Gasteiger partial charge on any atom is -0.489 e. The molecule has 0 N–H and O–H groups in total. The lowest BCUT2D eigenvalue weighted by Crippen LogP contribution is -2.46. The summed E-state index contributed by atoms with van der Waals surface area (Å²) in [7, 11) is 0. The van der Waals surface area contributed by atoms with Crippen LogP contribution in [-0.2, 0) is 17.9 Å². The van der Waals surface area contributed by atoms with Crippen molar-refractivity contribution < 1.29 is 14.3 Å². The number of hydrogen-bond acceptors (Lipinski definition) is 3. The Bertz CT molecular complexity index is 680. The van der Waals surface area contributed by atoms with E-state index in [2.05, 4.69) is 13.8 Å². The van der Waals surface area contributed by atoms with E-state index in [0.29, 0.717) is 26.3 Å². The highest BCUT2D eigenvalue weighted by atomic mass is 16.6. The van der Waals surface area contributed by atoms with Gasteiger partial charge in [0.05, 0.1) is 6.61 Å². The van der Waals surface area contributed by atoms with Crippen LogP contribution in [0.15, 0.2) is 54.6 Å². The average molecular weight is 325 g/mol. The van der Waals surface area contributed by atoms with Crippen LogP contribution in [0.1, 0.15) is 25.0 Å². The van der Waals surface area contributed by atoms with Gasteiger partial charge in [-0.05, 0) is 23.3 Å². The third-order valence-corrected chi connectivity index (χ3v) is 4.01. The third-order valence-electron chi connectivity index (χ3n) is 4.01. The van der Waals surface area contributed by atoms with Crippen molar-refractivity contribution in [3.63, 3.8) is 0 Å². The second-order valence-corrected chi connectivity index (χ2v) is 6.99. The second-order valence-electron chi connectivity index (χ2n) is 6.99. The first-order valence-electron chi connectivity index (χ1n) is 8.19. The predicted octanol–water partition coefficient (Wildman–Crippen LogP) is 4.24. The number of hydrogen-bond donors (Lipinski definition) is 0. The molecule has 1 amide bonds. The lowest BCUT2D eigenvalue weighted by molar-refractivity contribution is 0.00679. The Labute approximate surface area is 143 Å². The molecule has 0 bridgehead atoms. The average Bonchev–Trinajstić information content (AvgIpc) is 2.58. The van der Waals surface area contributed by atoms with Crippen LogP contribution in [-0.4, -0.2) is 24.1 Å². The molecule has 1 aliphatic heterocycles. The fourth-order valence-corrected chi connectivity index (χ4v) is 2.75. The summed E-state index contributed by atoms with van der Waals surface area (Å²) in [4.78, 5) is 13.6. The van der Waals surface area contributed by atoms with Crippen LogP contribution in [0.25, 0.3) is 0 Å². The van der Waals surface area contributed by atoms with Gasteiger partial charge in [-0.25, -0.2) is 4.79 Å². The van der Waals surface area contributed by atoms with Gasteiger partial charge in [-0.2, -0.15) is 0 Å². The van der Waals surface area contributed by atoms with E-state index in [9.17, 15) is 4.79 Å². The summed E-state index contributed by atoms with van der Waals surface area (Å²) in [6.45, 7) is 6.50. The van der Waals surface area contributed by atoms with Gasteiger partial charge in [0.25, 0.3) is 0 Å². The van der Waals surface area contributed by atoms with Crippen molar-refractivity contribution in [2.24, 2.45) is 5.41 Å². The van der Waals surface area contributed by atoms with E-state index in [1.54, 1.807) is 4.90 Å². The van der Waals surface area contributed by atoms with Gasteiger partial charge in [-0.1, -0.05) is 56.3 Å². The lowest BCUT2D eigenvalue weighted by atomic mass is 9.93. The monoisotopic (exact) mass is 325 g/mol. The normalized spacial score (nSPS) is 16.6. The Morgan fingerprint density at radius 2 is 1.75 bits per heavy atom. The molecule has 24 heavy (non-hydrogen) atoms. The van der Waals surface area contributed by atoms with Crippen LogP contribution < -0.4 is 4.74 Å². The molecule has 1 fully saturated rings. The zero-order valence-corrected chi connectivity index (χ0v) is 14.2. The summed E-state index contributed by atoms with van der Waals surface area (Å²) in [6, 6.07) is 17.9. The van der Waals surface area contributed by atoms with E-state index in [1.165, 1.54) is 0 Å². The Morgan fingerprint density at radius 3 is 2.46 bits per heavy atom. The molecule has 1 saturated heterocycles. The number of carbonyl (C=O) groups is 1. The van der Waals surface area contributed by atoms with Crippen LogP contribution >= 0.6 is 0 Å². The maximum atomic E-state index is 11.9. The molecular formula is C20H23NO3. The van der Waals surface area contributed by atoms with Gasteiger partial charge in [0.15, 0.2) is 0 Å². The minimum atomic E-state index is -0.237. The zero-order chi connectivity index (χ0) is 17.0. The highest BCUT2D eigenvalue weighted by Gasteiger charge is 2.32. The molecule has 0 aromatic heterocycles. The largest absolute Gasteiger partial charge is 0.489 e. The fourth-order valence-electron chi connectivity index (χ4n) is 2.75. The van der Waals surface area contributed by atoms with E-state index in [-0.39, 0.29) is 11.5 Å². The van der Waals surface area contributed by atoms with Gasteiger partial charge in [-0.3, -0.25) is 0 Å². The maximum absolute atomic E-state index is 11.9. The van der Waals surface area contributed by atoms with Crippen molar-refractivity contribution in [2.45, 2.75) is 27.0 Å². The molecule has 1 aliphatic rings. The molecule has 0 radical (unpaired) electrons. The number of carbonyl (C=O) groups excluding carboxylic acids is 1. The minimum absolute atomic E-state index is 0.00730. The molecule has 4 nitrogen and oxygen atoms in total. The SMILES string of the molecule is CC1(C)COC(=O)N(Cc2ccc(OCc3ccccc3)cc2)C1. The molecular weight excluding hydrogens is 302 g/mol. The fraction of sp³-hybridized carbons (Fsp3) is 0.350. The number of ether oxygens (including phenoxy) is 2. The van der Waals surface area contributed by atoms with Crippen molar-refractivity contribution in [3.05, 3.63) is 65.7 Å². The molecule has 126 valence electrons. The molecule has 3 rings (SSSR count). The Morgan fingerprint density at radius 1 is 1.04 bits per heavy atom.